The summed E-state index contributed by atoms with van der Waals surface area (Å²) in [5.74, 6) is 0. The van der Waals surface area contributed by atoms with Crippen LogP contribution in [0.3, 0.4) is 0 Å². The van der Waals surface area contributed by atoms with Crippen molar-refractivity contribution in [3.05, 3.63) is 0 Å². The van der Waals surface area contributed by atoms with Crippen LogP contribution in [0.5, 0.6) is 0 Å². The van der Waals surface area contributed by atoms with Gasteiger partial charge >= 0.3 is 0 Å². The van der Waals surface area contributed by atoms with Crippen LogP contribution in [0.2, 0.25) is 0 Å². The Bertz CT molecular complexity index is 145. The van der Waals surface area contributed by atoms with E-state index < -0.39 is 0 Å². The van der Waals surface area contributed by atoms with Crippen molar-refractivity contribution in [3.8, 4) is 0 Å². The number of nitrogens with one attached hydrogen (secondary N) is 1. The molecule has 1 N–H and O–H groups in total. The number of nitrogens with zero attached hydrogens (tertiary/aromatic N) is 1. The molecule has 64 valence electrons. The Morgan fingerprint density at radius 3 is 3.00 bits per heavy atom. The first-order valence-corrected chi connectivity index (χ1v) is 4.24. The molecule has 0 aromatic carbocycles. The molecule has 0 aromatic heterocycles. The van der Waals surface area contributed by atoms with Crippen molar-refractivity contribution < 1.29 is 4.74 Å². The van der Waals surface area contributed by atoms with E-state index in [4.69, 9.17) is 17.0 Å². The summed E-state index contributed by atoms with van der Waals surface area (Å²) < 4.78 is 5.36. The quantitative estimate of drug-likeness (QED) is 0.618. The summed E-state index contributed by atoms with van der Waals surface area (Å²) in [5, 5.41) is 3.11. The molecule has 0 bridgehead atoms. The second-order valence-electron chi connectivity index (χ2n) is 2.58. The molecule has 0 radical (unpaired) electrons. The zero-order valence-electron chi connectivity index (χ0n) is 6.96. The lowest BCUT2D eigenvalue weighted by Crippen LogP contribution is -2.37. The van der Waals surface area contributed by atoms with Gasteiger partial charge in [-0.25, -0.2) is 0 Å². The molecule has 1 aliphatic rings. The van der Waals surface area contributed by atoms with Gasteiger partial charge in [0.05, 0.1) is 11.7 Å². The van der Waals surface area contributed by atoms with Gasteiger partial charge in [-0.2, -0.15) is 0 Å². The van der Waals surface area contributed by atoms with Gasteiger partial charge in [0.1, 0.15) is 6.23 Å². The predicted molar refractivity (Wildman–Crippen MR) is 48.4 cm³/mol. The smallest absolute Gasteiger partial charge is 0.144 e. The van der Waals surface area contributed by atoms with E-state index in [2.05, 4.69) is 12.2 Å². The molecule has 0 amide bonds. The third-order valence-electron chi connectivity index (χ3n) is 1.82. The lowest BCUT2D eigenvalue weighted by atomic mass is 10.4. The number of hydrogen-bond donors (Lipinski definition) is 1. The van der Waals surface area contributed by atoms with Crippen molar-refractivity contribution in [2.45, 2.75) is 19.6 Å². The normalized spacial score (nSPS) is 23.6. The van der Waals surface area contributed by atoms with Crippen LogP contribution in [0.1, 0.15) is 13.3 Å². The van der Waals surface area contributed by atoms with Gasteiger partial charge in [0.25, 0.3) is 0 Å². The molecule has 1 aliphatic heterocycles. The van der Waals surface area contributed by atoms with Crippen LogP contribution in [0.25, 0.3) is 0 Å². The molecule has 1 atom stereocenters. The number of likely N-dealkylation sites (N-methyl/N-ethyl adjacent to an activating group) is 1. The van der Waals surface area contributed by atoms with Gasteiger partial charge < -0.3 is 9.64 Å². The van der Waals surface area contributed by atoms with Gasteiger partial charge in [0, 0.05) is 13.6 Å². The van der Waals surface area contributed by atoms with Crippen LogP contribution in [-0.2, 0) is 4.74 Å². The molecule has 0 aliphatic carbocycles. The topological polar surface area (TPSA) is 24.5 Å². The van der Waals surface area contributed by atoms with Crippen LogP contribution in [-0.4, -0.2) is 36.4 Å². The van der Waals surface area contributed by atoms with Crippen LogP contribution in [0.4, 0.5) is 0 Å². The molecule has 1 saturated heterocycles. The average molecular weight is 174 g/mol. The van der Waals surface area contributed by atoms with Crippen molar-refractivity contribution in [3.63, 3.8) is 0 Å². The summed E-state index contributed by atoms with van der Waals surface area (Å²) in [5.41, 5.74) is 0. The number of ether oxygens (including phenoxy) is 1. The highest BCUT2D eigenvalue weighted by Crippen LogP contribution is 2.05. The van der Waals surface area contributed by atoms with E-state index in [1.807, 2.05) is 11.9 Å². The summed E-state index contributed by atoms with van der Waals surface area (Å²) in [4.78, 5) is 2.97. The Labute approximate surface area is 72.7 Å². The van der Waals surface area contributed by atoms with Gasteiger partial charge in [-0.1, -0.05) is 19.1 Å². The molecular weight excluding hydrogens is 160 g/mol. The Morgan fingerprint density at radius 2 is 2.55 bits per heavy atom. The fourth-order valence-electron chi connectivity index (χ4n) is 1.06. The second kappa shape index (κ2) is 3.99. The van der Waals surface area contributed by atoms with Gasteiger partial charge in [-0.15, -0.1) is 0 Å². The molecule has 0 saturated carbocycles. The zero-order chi connectivity index (χ0) is 8.27. The number of thiocarbonyl (C=S) groups is 1. The molecule has 1 fully saturated rings. The monoisotopic (exact) mass is 174 g/mol. The van der Waals surface area contributed by atoms with Crippen molar-refractivity contribution in [1.29, 1.82) is 0 Å². The van der Waals surface area contributed by atoms with E-state index in [0.29, 0.717) is 6.73 Å². The van der Waals surface area contributed by atoms with E-state index >= 15 is 0 Å². The Balaban J connectivity index is 2.39. The molecule has 11 heavy (non-hydrogen) atoms. The fourth-order valence-corrected chi connectivity index (χ4v) is 1.17. The van der Waals surface area contributed by atoms with E-state index in [1.54, 1.807) is 0 Å². The first kappa shape index (κ1) is 8.90. The average Bonchev–Trinajstić information content (AvgIpc) is 2.53. The lowest BCUT2D eigenvalue weighted by molar-refractivity contribution is 0.0382. The number of rotatable bonds is 2. The minimum Gasteiger partial charge on any atom is -0.343 e. The van der Waals surface area contributed by atoms with Crippen LogP contribution >= 0.6 is 12.2 Å². The standard InChI is InChI=1S/C7H14N2OS/c1-3-7(11)9(2)6-4-8-5-10-6/h6,8H,3-5H2,1-2H3. The van der Waals surface area contributed by atoms with Crippen molar-refractivity contribution >= 4 is 17.2 Å². The highest BCUT2D eigenvalue weighted by atomic mass is 32.1. The first-order valence-electron chi connectivity index (χ1n) is 3.83. The Hall–Kier alpha value is -0.190. The van der Waals surface area contributed by atoms with Crippen molar-refractivity contribution in [2.75, 3.05) is 20.3 Å². The lowest BCUT2D eigenvalue weighted by Gasteiger charge is -2.24. The maximum atomic E-state index is 5.36. The Morgan fingerprint density at radius 1 is 1.82 bits per heavy atom. The Kier molecular flexibility index (Phi) is 3.23. The minimum atomic E-state index is 0.141. The van der Waals surface area contributed by atoms with Crippen LogP contribution in [0.15, 0.2) is 0 Å². The molecule has 3 nitrogen and oxygen atoms in total. The molecular formula is C7H14N2OS. The largest absolute Gasteiger partial charge is 0.343 e. The van der Waals surface area contributed by atoms with Gasteiger partial charge in [0.2, 0.25) is 0 Å². The number of hydrogen-bond acceptors (Lipinski definition) is 3. The summed E-state index contributed by atoms with van der Waals surface area (Å²) >= 11 is 5.13. The fraction of sp³-hybridized carbons (Fsp3) is 0.857. The van der Waals surface area contributed by atoms with E-state index in [-0.39, 0.29) is 6.23 Å². The van der Waals surface area contributed by atoms with Crippen molar-refractivity contribution in [2.24, 2.45) is 0 Å². The first-order chi connectivity index (χ1) is 5.25. The molecule has 0 spiro atoms. The summed E-state index contributed by atoms with van der Waals surface area (Å²) in [6.45, 7) is 3.57. The van der Waals surface area contributed by atoms with E-state index in [9.17, 15) is 0 Å². The van der Waals surface area contributed by atoms with Gasteiger partial charge in [-0.05, 0) is 6.42 Å². The minimum absolute atomic E-state index is 0.141. The third kappa shape index (κ3) is 2.12. The van der Waals surface area contributed by atoms with Crippen LogP contribution < -0.4 is 5.32 Å². The predicted octanol–water partition coefficient (Wildman–Crippen LogP) is 0.559. The highest BCUT2D eigenvalue weighted by Gasteiger charge is 2.20. The SMILES string of the molecule is CCC(=S)N(C)C1CNCO1. The maximum absolute atomic E-state index is 5.36. The van der Waals surface area contributed by atoms with Crippen molar-refractivity contribution in [1.82, 2.24) is 10.2 Å². The van der Waals surface area contributed by atoms with Gasteiger partial charge in [-0.3, -0.25) is 5.32 Å². The van der Waals surface area contributed by atoms with Crippen LogP contribution in [0, 0.1) is 0 Å². The van der Waals surface area contributed by atoms with E-state index in [0.717, 1.165) is 18.0 Å². The summed E-state index contributed by atoms with van der Waals surface area (Å²) in [6.07, 6.45) is 1.05. The molecule has 4 heteroatoms. The molecule has 1 heterocycles. The third-order valence-corrected chi connectivity index (χ3v) is 2.40. The highest BCUT2D eigenvalue weighted by molar-refractivity contribution is 7.80. The molecule has 1 unspecified atom stereocenters. The van der Waals surface area contributed by atoms with Gasteiger partial charge in [0.15, 0.2) is 0 Å². The second-order valence-corrected chi connectivity index (χ2v) is 3.05. The maximum Gasteiger partial charge on any atom is 0.144 e. The summed E-state index contributed by atoms with van der Waals surface area (Å²) in [6, 6.07) is 0. The molecule has 1 rings (SSSR count). The summed E-state index contributed by atoms with van der Waals surface area (Å²) in [7, 11) is 1.98. The zero-order valence-corrected chi connectivity index (χ0v) is 7.78. The molecule has 0 aromatic rings. The van der Waals surface area contributed by atoms with E-state index in [1.165, 1.54) is 0 Å².